The molecule has 5 nitrogen and oxygen atoms in total. The average Bonchev–Trinajstić information content (AvgIpc) is 2.80. The van der Waals surface area contributed by atoms with Crippen LogP contribution in [0.4, 0.5) is 0 Å². The number of hydrogen-bond acceptors (Lipinski definition) is 4. The Morgan fingerprint density at radius 2 is 2.39 bits per heavy atom. The van der Waals surface area contributed by atoms with E-state index in [2.05, 4.69) is 26.8 Å². The molecule has 0 saturated carbocycles. The smallest absolute Gasteiger partial charge is 0.337 e. The predicted octanol–water partition coefficient (Wildman–Crippen LogP) is 1.05. The normalized spacial score (nSPS) is 9.89. The van der Waals surface area contributed by atoms with E-state index < -0.39 is 0 Å². The van der Waals surface area contributed by atoms with Crippen LogP contribution in [0, 0.1) is 11.8 Å². The topological polar surface area (TPSA) is 81.0 Å². The van der Waals surface area contributed by atoms with Crippen molar-refractivity contribution in [2.24, 2.45) is 5.73 Å². The van der Waals surface area contributed by atoms with E-state index >= 15 is 0 Å². The number of H-pyrrole nitrogens is 1. The zero-order chi connectivity index (χ0) is 13.0. The van der Waals surface area contributed by atoms with Crippen LogP contribution in [-0.4, -0.2) is 29.8 Å². The molecular formula is C13H13N3O2. The molecule has 0 bridgehead atoms. The van der Waals surface area contributed by atoms with Crippen molar-refractivity contribution in [1.29, 1.82) is 0 Å². The fourth-order valence-electron chi connectivity index (χ4n) is 1.58. The molecular weight excluding hydrogens is 230 g/mol. The van der Waals surface area contributed by atoms with E-state index in [-0.39, 0.29) is 5.97 Å². The third kappa shape index (κ3) is 2.34. The van der Waals surface area contributed by atoms with Crippen LogP contribution < -0.4 is 5.73 Å². The largest absolute Gasteiger partial charge is 0.465 e. The van der Waals surface area contributed by atoms with E-state index in [1.54, 1.807) is 18.2 Å². The Kier molecular flexibility index (Phi) is 3.60. The van der Waals surface area contributed by atoms with Crippen molar-refractivity contribution >= 4 is 16.9 Å². The van der Waals surface area contributed by atoms with Crippen molar-refractivity contribution in [3.05, 3.63) is 29.5 Å². The molecule has 92 valence electrons. The monoisotopic (exact) mass is 243 g/mol. The summed E-state index contributed by atoms with van der Waals surface area (Å²) >= 11 is 0. The lowest BCUT2D eigenvalue weighted by molar-refractivity contribution is 0.0601. The number of carbonyl (C=O) groups excluding carboxylic acids is 1. The fraction of sp³-hybridized carbons (Fsp3) is 0.231. The quantitative estimate of drug-likeness (QED) is 0.610. The zero-order valence-corrected chi connectivity index (χ0v) is 9.99. The highest BCUT2D eigenvalue weighted by Crippen LogP contribution is 2.17. The standard InChI is InChI=1S/C13H13N3O2/c1-18-13(17)9-5-6-10-11(4-2-3-7-14)15-16-12(10)8-9/h5-6,8H,3,7,14H2,1H3,(H,15,16). The van der Waals surface area contributed by atoms with Crippen LogP contribution in [-0.2, 0) is 4.74 Å². The maximum absolute atomic E-state index is 11.4. The number of hydrogen-bond donors (Lipinski definition) is 2. The van der Waals surface area contributed by atoms with Gasteiger partial charge in [0.15, 0.2) is 0 Å². The lowest BCUT2D eigenvalue weighted by Gasteiger charge is -1.97. The van der Waals surface area contributed by atoms with E-state index in [9.17, 15) is 4.79 Å². The summed E-state index contributed by atoms with van der Waals surface area (Å²) in [4.78, 5) is 11.4. The maximum Gasteiger partial charge on any atom is 0.337 e. The Morgan fingerprint density at radius 1 is 1.56 bits per heavy atom. The van der Waals surface area contributed by atoms with Crippen LogP contribution in [0.2, 0.25) is 0 Å². The summed E-state index contributed by atoms with van der Waals surface area (Å²) in [6.45, 7) is 0.533. The van der Waals surface area contributed by atoms with Gasteiger partial charge in [-0.05, 0) is 24.1 Å². The molecule has 5 heteroatoms. The van der Waals surface area contributed by atoms with E-state index in [4.69, 9.17) is 5.73 Å². The lowest BCUT2D eigenvalue weighted by atomic mass is 10.1. The van der Waals surface area contributed by atoms with Gasteiger partial charge in [-0.1, -0.05) is 5.92 Å². The third-order valence-corrected chi connectivity index (χ3v) is 2.46. The highest BCUT2D eigenvalue weighted by atomic mass is 16.5. The molecule has 0 saturated heterocycles. The molecule has 0 atom stereocenters. The van der Waals surface area contributed by atoms with Crippen molar-refractivity contribution in [2.75, 3.05) is 13.7 Å². The number of benzene rings is 1. The third-order valence-electron chi connectivity index (χ3n) is 2.46. The molecule has 18 heavy (non-hydrogen) atoms. The lowest BCUT2D eigenvalue weighted by Crippen LogP contribution is -2.00. The number of fused-ring (bicyclic) bond motifs is 1. The molecule has 2 aromatic rings. The minimum Gasteiger partial charge on any atom is -0.465 e. The number of nitrogens with zero attached hydrogens (tertiary/aromatic N) is 1. The first kappa shape index (κ1) is 12.1. The Balaban J connectivity index is 2.38. The van der Waals surface area contributed by atoms with Gasteiger partial charge in [-0.25, -0.2) is 4.79 Å². The molecule has 1 aromatic carbocycles. The van der Waals surface area contributed by atoms with E-state index in [1.807, 2.05) is 0 Å². The number of aromatic amines is 1. The van der Waals surface area contributed by atoms with Crippen molar-refractivity contribution in [3.8, 4) is 11.8 Å². The Bertz CT molecular complexity index is 634. The van der Waals surface area contributed by atoms with Crippen molar-refractivity contribution < 1.29 is 9.53 Å². The molecule has 0 fully saturated rings. The van der Waals surface area contributed by atoms with Gasteiger partial charge in [0.1, 0.15) is 5.69 Å². The Hall–Kier alpha value is -2.32. The molecule has 0 aliphatic rings. The van der Waals surface area contributed by atoms with Crippen LogP contribution in [0.5, 0.6) is 0 Å². The van der Waals surface area contributed by atoms with Gasteiger partial charge >= 0.3 is 5.97 Å². The van der Waals surface area contributed by atoms with Gasteiger partial charge in [-0.15, -0.1) is 0 Å². The summed E-state index contributed by atoms with van der Waals surface area (Å²) in [5.41, 5.74) is 7.26. The van der Waals surface area contributed by atoms with Crippen molar-refractivity contribution in [2.45, 2.75) is 6.42 Å². The van der Waals surface area contributed by atoms with Crippen LogP contribution >= 0.6 is 0 Å². The number of ether oxygens (including phenoxy) is 1. The number of esters is 1. The zero-order valence-electron chi connectivity index (χ0n) is 9.99. The van der Waals surface area contributed by atoms with Gasteiger partial charge in [-0.2, -0.15) is 5.10 Å². The number of nitrogens with two attached hydrogens (primary N) is 1. The van der Waals surface area contributed by atoms with Gasteiger partial charge in [0, 0.05) is 18.4 Å². The molecule has 0 aliphatic carbocycles. The minimum atomic E-state index is -0.379. The number of nitrogens with one attached hydrogen (secondary N) is 1. The fourth-order valence-corrected chi connectivity index (χ4v) is 1.58. The summed E-state index contributed by atoms with van der Waals surface area (Å²) in [6.07, 6.45) is 0.640. The number of methoxy groups -OCH3 is 1. The minimum absolute atomic E-state index is 0.379. The van der Waals surface area contributed by atoms with Crippen LogP contribution in [0.3, 0.4) is 0 Å². The molecule has 2 rings (SSSR count). The summed E-state index contributed by atoms with van der Waals surface area (Å²) in [5, 5.41) is 7.83. The maximum atomic E-state index is 11.4. The second-order valence-electron chi connectivity index (χ2n) is 3.66. The first-order valence-electron chi connectivity index (χ1n) is 5.51. The molecule has 0 aliphatic heterocycles. The van der Waals surface area contributed by atoms with E-state index in [0.29, 0.717) is 24.0 Å². The number of aromatic nitrogens is 2. The first-order valence-corrected chi connectivity index (χ1v) is 5.51. The van der Waals surface area contributed by atoms with Crippen molar-refractivity contribution in [3.63, 3.8) is 0 Å². The van der Waals surface area contributed by atoms with Crippen LogP contribution in [0.25, 0.3) is 10.9 Å². The molecule has 0 spiro atoms. The van der Waals surface area contributed by atoms with Gasteiger partial charge in [0.2, 0.25) is 0 Å². The summed E-state index contributed by atoms with van der Waals surface area (Å²) < 4.78 is 4.65. The molecule has 1 heterocycles. The van der Waals surface area contributed by atoms with Crippen LogP contribution in [0.15, 0.2) is 18.2 Å². The average molecular weight is 243 g/mol. The summed E-state index contributed by atoms with van der Waals surface area (Å²) in [5.74, 6) is 5.53. The molecule has 3 N–H and O–H groups in total. The first-order chi connectivity index (χ1) is 8.76. The SMILES string of the molecule is COC(=O)c1ccc2c(C#CCCN)[nH]nc2c1. The second kappa shape index (κ2) is 5.34. The Labute approximate surface area is 104 Å². The predicted molar refractivity (Wildman–Crippen MR) is 68.0 cm³/mol. The molecule has 1 aromatic heterocycles. The van der Waals surface area contributed by atoms with E-state index in [0.717, 1.165) is 11.1 Å². The molecule has 0 amide bonds. The molecule has 0 unspecified atom stereocenters. The Morgan fingerprint density at radius 3 is 3.11 bits per heavy atom. The summed E-state index contributed by atoms with van der Waals surface area (Å²) in [6, 6.07) is 5.17. The van der Waals surface area contributed by atoms with Gasteiger partial charge < -0.3 is 10.5 Å². The number of carbonyl (C=O) groups is 1. The molecule has 0 radical (unpaired) electrons. The summed E-state index contributed by atoms with van der Waals surface area (Å²) in [7, 11) is 1.35. The van der Waals surface area contributed by atoms with Gasteiger partial charge in [-0.3, -0.25) is 5.10 Å². The van der Waals surface area contributed by atoms with Gasteiger partial charge in [0.25, 0.3) is 0 Å². The highest BCUT2D eigenvalue weighted by Gasteiger charge is 2.09. The van der Waals surface area contributed by atoms with Crippen molar-refractivity contribution in [1.82, 2.24) is 10.2 Å². The van der Waals surface area contributed by atoms with Crippen LogP contribution in [0.1, 0.15) is 22.5 Å². The number of rotatable bonds is 2. The highest BCUT2D eigenvalue weighted by molar-refractivity contribution is 5.95. The van der Waals surface area contributed by atoms with Gasteiger partial charge in [0.05, 0.1) is 18.2 Å². The second-order valence-corrected chi connectivity index (χ2v) is 3.66. The van der Waals surface area contributed by atoms with E-state index in [1.165, 1.54) is 7.11 Å².